The molecule has 0 radical (unpaired) electrons. The van der Waals surface area contributed by atoms with Gasteiger partial charge < -0.3 is 15.5 Å². The maximum absolute atomic E-state index is 12.9. The van der Waals surface area contributed by atoms with E-state index in [4.69, 9.17) is 0 Å². The Morgan fingerprint density at radius 1 is 0.566 bits per heavy atom. The summed E-state index contributed by atoms with van der Waals surface area (Å²) in [7, 11) is 0. The monoisotopic (exact) mass is 758 g/mol. The fraction of sp³-hybridized carbons (Fsp3) is 0.812. The quantitative estimate of drug-likeness (QED) is 0.0354. The highest BCUT2D eigenvalue weighted by Gasteiger charge is 2.27. The van der Waals surface area contributed by atoms with Gasteiger partial charge in [-0.15, -0.1) is 11.8 Å². The summed E-state index contributed by atoms with van der Waals surface area (Å²) in [5, 5.41) is 25.2. The van der Waals surface area contributed by atoms with Crippen molar-refractivity contribution in [2.75, 3.05) is 5.75 Å². The predicted octanol–water partition coefficient (Wildman–Crippen LogP) is 14.5. The SMILES string of the molecule is CCCCCCCC/C=C\CCCCCCCCCCCCCC(=O)N[C@@H](CSc1ccccc1)[C@H](O)[C@H](O)CCCCCCCCCCCCCC. The summed E-state index contributed by atoms with van der Waals surface area (Å²) in [6.07, 6.45) is 44.1. The largest absolute Gasteiger partial charge is 0.390 e. The molecule has 1 aromatic carbocycles. The summed E-state index contributed by atoms with van der Waals surface area (Å²) < 4.78 is 0. The summed E-state index contributed by atoms with van der Waals surface area (Å²) >= 11 is 1.63. The van der Waals surface area contributed by atoms with Crippen LogP contribution in [0.25, 0.3) is 0 Å². The molecule has 0 aromatic heterocycles. The number of rotatable bonds is 40. The number of hydrogen-bond acceptors (Lipinski definition) is 4. The molecule has 0 saturated carbocycles. The van der Waals surface area contributed by atoms with Gasteiger partial charge in [-0.05, 0) is 50.7 Å². The predicted molar refractivity (Wildman–Crippen MR) is 234 cm³/mol. The molecule has 3 atom stereocenters. The summed E-state index contributed by atoms with van der Waals surface area (Å²) in [6.45, 7) is 4.55. The second kappa shape index (κ2) is 39.0. The number of allylic oxidation sites excluding steroid dienone is 2. The molecule has 0 aliphatic heterocycles. The minimum absolute atomic E-state index is 0.00595. The Hall–Kier alpha value is -1.30. The third-order valence-electron chi connectivity index (χ3n) is 10.8. The van der Waals surface area contributed by atoms with Gasteiger partial charge in [0.25, 0.3) is 0 Å². The van der Waals surface area contributed by atoms with Crippen molar-refractivity contribution in [1.29, 1.82) is 0 Å². The summed E-state index contributed by atoms with van der Waals surface area (Å²) in [4.78, 5) is 14.1. The highest BCUT2D eigenvalue weighted by atomic mass is 32.2. The fourth-order valence-corrected chi connectivity index (χ4v) is 8.26. The van der Waals surface area contributed by atoms with Crippen molar-refractivity contribution in [2.45, 2.75) is 249 Å². The van der Waals surface area contributed by atoms with Crippen molar-refractivity contribution < 1.29 is 15.0 Å². The van der Waals surface area contributed by atoms with E-state index in [0.29, 0.717) is 18.6 Å². The smallest absolute Gasteiger partial charge is 0.220 e. The number of thioether (sulfide) groups is 1. The Labute approximate surface area is 333 Å². The van der Waals surface area contributed by atoms with Crippen LogP contribution < -0.4 is 5.32 Å². The standard InChI is InChI=1S/C48H87NO3S/c1-3-5-7-9-11-13-15-17-18-19-20-21-22-23-24-25-27-29-31-33-38-42-47(51)49-45(43-53-44-39-35-34-36-40-44)48(52)46(50)41-37-32-30-28-26-16-14-12-10-8-6-4-2/h17-18,34-36,39-40,45-46,48,50,52H,3-16,19-33,37-38,41-43H2,1-2H3,(H,49,51)/b18-17-/t45-,46+,48-/m0/s1. The van der Waals surface area contributed by atoms with Gasteiger partial charge >= 0.3 is 0 Å². The molecule has 0 aliphatic carbocycles. The zero-order valence-electron chi connectivity index (χ0n) is 35.0. The molecule has 1 rings (SSSR count). The Bertz CT molecular complexity index is 925. The molecular weight excluding hydrogens is 671 g/mol. The van der Waals surface area contributed by atoms with Gasteiger partial charge in [-0.25, -0.2) is 0 Å². The van der Waals surface area contributed by atoms with Gasteiger partial charge in [0.2, 0.25) is 5.91 Å². The summed E-state index contributed by atoms with van der Waals surface area (Å²) in [5.41, 5.74) is 0. The molecule has 53 heavy (non-hydrogen) atoms. The number of benzene rings is 1. The highest BCUT2D eigenvalue weighted by molar-refractivity contribution is 7.99. The molecule has 0 aliphatic rings. The van der Waals surface area contributed by atoms with E-state index in [2.05, 4.69) is 43.4 Å². The zero-order chi connectivity index (χ0) is 38.3. The third kappa shape index (κ3) is 32.6. The Balaban J connectivity index is 2.14. The van der Waals surface area contributed by atoms with Gasteiger partial charge in [-0.1, -0.05) is 211 Å². The average Bonchev–Trinajstić information content (AvgIpc) is 3.17. The van der Waals surface area contributed by atoms with E-state index in [-0.39, 0.29) is 5.91 Å². The van der Waals surface area contributed by atoms with Crippen molar-refractivity contribution in [3.63, 3.8) is 0 Å². The van der Waals surface area contributed by atoms with Crippen molar-refractivity contribution in [3.8, 4) is 0 Å². The molecule has 0 spiro atoms. The Morgan fingerprint density at radius 3 is 1.42 bits per heavy atom. The van der Waals surface area contributed by atoms with Crippen LogP contribution in [0.5, 0.6) is 0 Å². The zero-order valence-corrected chi connectivity index (χ0v) is 35.8. The lowest BCUT2D eigenvalue weighted by atomic mass is 9.99. The van der Waals surface area contributed by atoms with Gasteiger partial charge in [0, 0.05) is 17.1 Å². The molecule has 0 bridgehead atoms. The van der Waals surface area contributed by atoms with Crippen molar-refractivity contribution in [3.05, 3.63) is 42.5 Å². The second-order valence-corrected chi connectivity index (χ2v) is 17.1. The van der Waals surface area contributed by atoms with Crippen LogP contribution in [0.4, 0.5) is 0 Å². The summed E-state index contributed by atoms with van der Waals surface area (Å²) in [6, 6.07) is 9.65. The van der Waals surface area contributed by atoms with Crippen molar-refractivity contribution >= 4 is 17.7 Å². The highest BCUT2D eigenvalue weighted by Crippen LogP contribution is 2.22. The van der Waals surface area contributed by atoms with Crippen LogP contribution >= 0.6 is 11.8 Å². The van der Waals surface area contributed by atoms with E-state index in [1.165, 1.54) is 173 Å². The van der Waals surface area contributed by atoms with Crippen molar-refractivity contribution in [1.82, 2.24) is 5.32 Å². The lowest BCUT2D eigenvalue weighted by molar-refractivity contribution is -0.123. The van der Waals surface area contributed by atoms with Gasteiger partial charge in [0.15, 0.2) is 0 Å². The van der Waals surface area contributed by atoms with E-state index in [1.54, 1.807) is 11.8 Å². The van der Waals surface area contributed by atoms with Gasteiger partial charge in [0.05, 0.1) is 12.1 Å². The number of nitrogens with one attached hydrogen (secondary N) is 1. The first-order valence-electron chi connectivity index (χ1n) is 23.1. The number of aliphatic hydroxyl groups excluding tert-OH is 2. The first kappa shape index (κ1) is 49.7. The van der Waals surface area contributed by atoms with Crippen LogP contribution in [0.2, 0.25) is 0 Å². The molecular formula is C48H87NO3S. The van der Waals surface area contributed by atoms with Crippen LogP contribution in [0.1, 0.15) is 226 Å². The molecule has 0 saturated heterocycles. The molecule has 1 aromatic rings. The average molecular weight is 758 g/mol. The number of carbonyl (C=O) groups excluding carboxylic acids is 1. The van der Waals surface area contributed by atoms with E-state index in [0.717, 1.165) is 30.6 Å². The van der Waals surface area contributed by atoms with Crippen LogP contribution in [-0.4, -0.2) is 40.1 Å². The van der Waals surface area contributed by atoms with Crippen molar-refractivity contribution in [2.24, 2.45) is 0 Å². The Kier molecular flexibility index (Phi) is 36.5. The van der Waals surface area contributed by atoms with Gasteiger partial charge in [-0.3, -0.25) is 4.79 Å². The maximum atomic E-state index is 12.9. The van der Waals surface area contributed by atoms with Crippen LogP contribution in [0.3, 0.4) is 0 Å². The number of unbranched alkanes of at least 4 members (excludes halogenated alkanes) is 28. The second-order valence-electron chi connectivity index (χ2n) is 16.0. The molecule has 0 fully saturated rings. The molecule has 1 amide bonds. The first-order valence-corrected chi connectivity index (χ1v) is 24.0. The molecule has 0 heterocycles. The molecule has 3 N–H and O–H groups in total. The minimum atomic E-state index is -0.959. The van der Waals surface area contributed by atoms with E-state index in [9.17, 15) is 15.0 Å². The van der Waals surface area contributed by atoms with E-state index in [1.807, 2.05) is 18.2 Å². The lowest BCUT2D eigenvalue weighted by Crippen LogP contribution is -2.50. The first-order chi connectivity index (χ1) is 26.1. The Morgan fingerprint density at radius 2 is 0.962 bits per heavy atom. The lowest BCUT2D eigenvalue weighted by Gasteiger charge is -2.28. The summed E-state index contributed by atoms with van der Waals surface area (Å²) in [5.74, 6) is 0.538. The number of hydrogen-bond donors (Lipinski definition) is 3. The van der Waals surface area contributed by atoms with Crippen LogP contribution in [-0.2, 0) is 4.79 Å². The van der Waals surface area contributed by atoms with E-state index >= 15 is 0 Å². The molecule has 5 heteroatoms. The van der Waals surface area contributed by atoms with Gasteiger partial charge in [-0.2, -0.15) is 0 Å². The molecule has 4 nitrogen and oxygen atoms in total. The number of carbonyl (C=O) groups is 1. The van der Waals surface area contributed by atoms with E-state index < -0.39 is 18.2 Å². The fourth-order valence-electron chi connectivity index (χ4n) is 7.26. The minimum Gasteiger partial charge on any atom is -0.390 e. The maximum Gasteiger partial charge on any atom is 0.220 e. The number of aliphatic hydroxyl groups is 2. The molecule has 0 unspecified atom stereocenters. The number of amides is 1. The topological polar surface area (TPSA) is 69.6 Å². The van der Waals surface area contributed by atoms with Gasteiger partial charge in [0.1, 0.15) is 6.10 Å². The normalized spacial score (nSPS) is 13.4. The van der Waals surface area contributed by atoms with Crippen LogP contribution in [0, 0.1) is 0 Å². The van der Waals surface area contributed by atoms with Crippen LogP contribution in [0.15, 0.2) is 47.4 Å². The molecule has 308 valence electrons. The third-order valence-corrected chi connectivity index (χ3v) is 12.0.